The summed E-state index contributed by atoms with van der Waals surface area (Å²) in [7, 11) is 0. The summed E-state index contributed by atoms with van der Waals surface area (Å²) >= 11 is 0. The van der Waals surface area contributed by atoms with Gasteiger partial charge in [0.15, 0.2) is 0 Å². The standard InChI is InChI=1S/C31H32F2N2O7/c1-31(32,33)14-2-15-39-26-11-7-22(8-12-26)30(38)42-27-9-4-21(5-10-27)6-13-28(36)40-16-3-17-41-29(37)23-18-24(34)20-25(35)19-23/h4-13,18-20H,2-3,14-17,34-35H2,1H3/b13-6+. The summed E-state index contributed by atoms with van der Waals surface area (Å²) in [6.07, 6.45) is 3.04. The number of ether oxygens (including phenoxy) is 4. The first kappa shape index (κ1) is 31.6. The van der Waals surface area contributed by atoms with Crippen LogP contribution in [0.3, 0.4) is 0 Å². The van der Waals surface area contributed by atoms with Crippen molar-refractivity contribution < 1.29 is 42.1 Å². The lowest BCUT2D eigenvalue weighted by Gasteiger charge is -2.11. The van der Waals surface area contributed by atoms with Crippen LogP contribution in [0.4, 0.5) is 20.2 Å². The first-order valence-corrected chi connectivity index (χ1v) is 13.1. The second-order valence-electron chi connectivity index (χ2n) is 9.38. The van der Waals surface area contributed by atoms with E-state index in [0.717, 1.165) is 6.92 Å². The summed E-state index contributed by atoms with van der Waals surface area (Å²) in [5.74, 6) is -3.69. The Hall–Kier alpha value is -4.93. The molecule has 0 saturated heterocycles. The minimum Gasteiger partial charge on any atom is -0.494 e. The van der Waals surface area contributed by atoms with Crippen molar-refractivity contribution in [3.05, 3.63) is 89.5 Å². The number of hydrogen-bond acceptors (Lipinski definition) is 9. The molecule has 4 N–H and O–H groups in total. The predicted octanol–water partition coefficient (Wildman–Crippen LogP) is 5.69. The van der Waals surface area contributed by atoms with Gasteiger partial charge in [0.1, 0.15) is 11.5 Å². The molecule has 9 nitrogen and oxygen atoms in total. The zero-order valence-corrected chi connectivity index (χ0v) is 23.0. The van der Waals surface area contributed by atoms with Gasteiger partial charge in [-0.05, 0) is 79.6 Å². The Labute approximate surface area is 242 Å². The smallest absolute Gasteiger partial charge is 0.343 e. The molecule has 0 atom stereocenters. The molecule has 0 aliphatic rings. The number of nitrogens with two attached hydrogens (primary N) is 2. The zero-order chi connectivity index (χ0) is 30.5. The number of carbonyl (C=O) groups excluding carboxylic acids is 3. The van der Waals surface area contributed by atoms with Crippen molar-refractivity contribution in [2.45, 2.75) is 32.1 Å². The Morgan fingerprint density at radius 3 is 2.02 bits per heavy atom. The van der Waals surface area contributed by atoms with Gasteiger partial charge in [0.25, 0.3) is 0 Å². The molecule has 0 bridgehead atoms. The predicted molar refractivity (Wildman–Crippen MR) is 153 cm³/mol. The van der Waals surface area contributed by atoms with E-state index in [1.54, 1.807) is 42.5 Å². The van der Waals surface area contributed by atoms with Crippen molar-refractivity contribution >= 4 is 35.4 Å². The number of rotatable bonds is 14. The van der Waals surface area contributed by atoms with Gasteiger partial charge in [0, 0.05) is 30.3 Å². The quantitative estimate of drug-likeness (QED) is 0.0807. The third kappa shape index (κ3) is 11.3. The molecule has 0 spiro atoms. The van der Waals surface area contributed by atoms with Crippen LogP contribution in [0.15, 0.2) is 72.8 Å². The molecule has 0 aliphatic carbocycles. The first-order valence-electron chi connectivity index (χ1n) is 13.1. The highest BCUT2D eigenvalue weighted by Crippen LogP contribution is 2.20. The van der Waals surface area contributed by atoms with Gasteiger partial charge in [-0.15, -0.1) is 0 Å². The van der Waals surface area contributed by atoms with E-state index in [0.29, 0.717) is 40.4 Å². The maximum Gasteiger partial charge on any atom is 0.343 e. The van der Waals surface area contributed by atoms with Crippen molar-refractivity contribution in [3.63, 3.8) is 0 Å². The van der Waals surface area contributed by atoms with Crippen molar-refractivity contribution in [1.29, 1.82) is 0 Å². The van der Waals surface area contributed by atoms with Crippen LogP contribution in [0, 0.1) is 0 Å². The van der Waals surface area contributed by atoms with Gasteiger partial charge in [-0.1, -0.05) is 12.1 Å². The molecule has 11 heteroatoms. The summed E-state index contributed by atoms with van der Waals surface area (Å²) in [6.45, 7) is 1.11. The Kier molecular flexibility index (Phi) is 11.4. The highest BCUT2D eigenvalue weighted by Gasteiger charge is 2.20. The fourth-order valence-electron chi connectivity index (χ4n) is 3.56. The molecule has 0 heterocycles. The van der Waals surface area contributed by atoms with Crippen LogP contribution < -0.4 is 20.9 Å². The van der Waals surface area contributed by atoms with Crippen LogP contribution in [-0.2, 0) is 14.3 Å². The number of benzene rings is 3. The molecule has 3 aromatic carbocycles. The van der Waals surface area contributed by atoms with E-state index in [4.69, 9.17) is 30.4 Å². The third-order valence-corrected chi connectivity index (χ3v) is 5.60. The summed E-state index contributed by atoms with van der Waals surface area (Å²) in [6, 6.07) is 17.1. The molecule has 0 amide bonds. The van der Waals surface area contributed by atoms with Crippen LogP contribution in [0.5, 0.6) is 11.5 Å². The number of carbonyl (C=O) groups is 3. The van der Waals surface area contributed by atoms with E-state index in [1.807, 2.05) is 0 Å². The number of hydrogen-bond donors (Lipinski definition) is 2. The molecule has 0 fully saturated rings. The maximum atomic E-state index is 12.9. The monoisotopic (exact) mass is 582 g/mol. The van der Waals surface area contributed by atoms with E-state index in [9.17, 15) is 23.2 Å². The average molecular weight is 583 g/mol. The van der Waals surface area contributed by atoms with Crippen LogP contribution in [-0.4, -0.2) is 43.7 Å². The molecule has 0 unspecified atom stereocenters. The number of nitrogen functional groups attached to an aromatic ring is 2. The van der Waals surface area contributed by atoms with Crippen LogP contribution in [0.1, 0.15) is 52.5 Å². The Balaban J connectivity index is 1.35. The van der Waals surface area contributed by atoms with E-state index in [1.165, 1.54) is 36.4 Å². The number of alkyl halides is 2. The van der Waals surface area contributed by atoms with Crippen LogP contribution >= 0.6 is 0 Å². The van der Waals surface area contributed by atoms with Gasteiger partial charge in [-0.3, -0.25) is 0 Å². The molecular formula is C31H32F2N2O7. The second-order valence-corrected chi connectivity index (χ2v) is 9.38. The lowest BCUT2D eigenvalue weighted by Crippen LogP contribution is -2.11. The highest BCUT2D eigenvalue weighted by molar-refractivity contribution is 5.92. The van der Waals surface area contributed by atoms with Crippen molar-refractivity contribution in [2.24, 2.45) is 0 Å². The topological polar surface area (TPSA) is 140 Å². The van der Waals surface area contributed by atoms with Gasteiger partial charge in [0.2, 0.25) is 5.92 Å². The van der Waals surface area contributed by atoms with E-state index < -0.39 is 23.8 Å². The normalized spacial score (nSPS) is 11.2. The van der Waals surface area contributed by atoms with Gasteiger partial charge in [-0.2, -0.15) is 0 Å². The Morgan fingerprint density at radius 1 is 0.762 bits per heavy atom. The fourth-order valence-corrected chi connectivity index (χ4v) is 3.56. The van der Waals surface area contributed by atoms with Gasteiger partial charge in [0.05, 0.1) is 30.9 Å². The zero-order valence-electron chi connectivity index (χ0n) is 23.0. The lowest BCUT2D eigenvalue weighted by atomic mass is 10.2. The molecule has 42 heavy (non-hydrogen) atoms. The fraction of sp³-hybridized carbons (Fsp3) is 0.258. The van der Waals surface area contributed by atoms with Gasteiger partial charge < -0.3 is 30.4 Å². The summed E-state index contributed by atoms with van der Waals surface area (Å²) < 4.78 is 46.7. The van der Waals surface area contributed by atoms with Gasteiger partial charge >= 0.3 is 17.9 Å². The third-order valence-electron chi connectivity index (χ3n) is 5.60. The largest absolute Gasteiger partial charge is 0.494 e. The highest BCUT2D eigenvalue weighted by atomic mass is 19.3. The molecule has 0 aliphatic heterocycles. The van der Waals surface area contributed by atoms with E-state index in [2.05, 4.69) is 0 Å². The number of anilines is 2. The van der Waals surface area contributed by atoms with Crippen LogP contribution in [0.25, 0.3) is 6.08 Å². The lowest BCUT2D eigenvalue weighted by molar-refractivity contribution is -0.137. The Bertz CT molecular complexity index is 1370. The molecule has 3 aromatic rings. The first-order chi connectivity index (χ1) is 20.0. The summed E-state index contributed by atoms with van der Waals surface area (Å²) in [5.41, 5.74) is 13.2. The summed E-state index contributed by atoms with van der Waals surface area (Å²) in [5, 5.41) is 0. The number of halogens is 2. The molecule has 0 saturated carbocycles. The summed E-state index contributed by atoms with van der Waals surface area (Å²) in [4.78, 5) is 36.4. The van der Waals surface area contributed by atoms with Crippen molar-refractivity contribution in [1.82, 2.24) is 0 Å². The maximum absolute atomic E-state index is 12.9. The molecule has 0 radical (unpaired) electrons. The molecule has 3 rings (SSSR count). The molecule has 0 aromatic heterocycles. The minimum absolute atomic E-state index is 0.0471. The Morgan fingerprint density at radius 2 is 1.38 bits per heavy atom. The molecular weight excluding hydrogens is 550 g/mol. The minimum atomic E-state index is -2.73. The van der Waals surface area contributed by atoms with Crippen LogP contribution in [0.2, 0.25) is 0 Å². The van der Waals surface area contributed by atoms with Gasteiger partial charge in [-0.25, -0.2) is 23.2 Å². The van der Waals surface area contributed by atoms with E-state index in [-0.39, 0.29) is 38.2 Å². The van der Waals surface area contributed by atoms with Crippen molar-refractivity contribution in [2.75, 3.05) is 31.3 Å². The SMILES string of the molecule is CC(F)(F)CCCOc1ccc(C(=O)Oc2ccc(/C=C/C(=O)OCCCOC(=O)c3cc(N)cc(N)c3)cc2)cc1. The van der Waals surface area contributed by atoms with E-state index >= 15 is 0 Å². The number of esters is 3. The van der Waals surface area contributed by atoms with Crippen molar-refractivity contribution in [3.8, 4) is 11.5 Å². The second kappa shape index (κ2) is 15.2. The average Bonchev–Trinajstić information content (AvgIpc) is 2.94. The molecule has 222 valence electrons.